The van der Waals surface area contributed by atoms with Crippen LogP contribution in [-0.4, -0.2) is 87.4 Å². The highest BCUT2D eigenvalue weighted by atomic mass is 16.7. The van der Waals surface area contributed by atoms with E-state index in [1.54, 1.807) is 0 Å². The van der Waals surface area contributed by atoms with Crippen LogP contribution < -0.4 is 0 Å². The number of quaternary nitrogens is 1. The third-order valence-electron chi connectivity index (χ3n) is 16.2. The van der Waals surface area contributed by atoms with Crippen molar-refractivity contribution in [2.24, 2.45) is 0 Å². The van der Waals surface area contributed by atoms with E-state index in [0.29, 0.717) is 23.9 Å². The van der Waals surface area contributed by atoms with Gasteiger partial charge in [0.1, 0.15) is 13.2 Å². The van der Waals surface area contributed by atoms with Crippen LogP contribution in [0.25, 0.3) is 0 Å². The molecule has 0 bridgehead atoms. The average Bonchev–Trinajstić information content (AvgIpc) is 3.50. The lowest BCUT2D eigenvalue weighted by atomic mass is 10.0. The van der Waals surface area contributed by atoms with Gasteiger partial charge in [-0.2, -0.15) is 0 Å². The number of ether oxygens (including phenoxy) is 4. The molecule has 9 heteroatoms. The van der Waals surface area contributed by atoms with Crippen molar-refractivity contribution < 1.29 is 42.9 Å². The van der Waals surface area contributed by atoms with Crippen molar-refractivity contribution in [3.8, 4) is 0 Å². The summed E-state index contributed by atoms with van der Waals surface area (Å²) >= 11 is 0. The number of carbonyl (C=O) groups is 3. The summed E-state index contributed by atoms with van der Waals surface area (Å²) in [6.07, 6.45) is 98.9. The van der Waals surface area contributed by atoms with Crippen molar-refractivity contribution in [3.63, 3.8) is 0 Å². The minimum atomic E-state index is -1.52. The Morgan fingerprint density at radius 3 is 0.945 bits per heavy atom. The second-order valence-corrected chi connectivity index (χ2v) is 26.2. The van der Waals surface area contributed by atoms with Crippen LogP contribution in [-0.2, 0) is 33.3 Å². The Morgan fingerprint density at radius 1 is 0.341 bits per heavy atom. The molecule has 9 nitrogen and oxygen atoms in total. The van der Waals surface area contributed by atoms with Crippen LogP contribution in [0.2, 0.25) is 0 Å². The molecule has 0 aromatic heterocycles. The molecule has 0 aromatic rings. The second-order valence-electron chi connectivity index (χ2n) is 26.2. The maximum absolute atomic E-state index is 13.0. The number of hydrogen-bond donors (Lipinski definition) is 1. The fourth-order valence-corrected chi connectivity index (χ4v) is 10.5. The van der Waals surface area contributed by atoms with Crippen molar-refractivity contribution in [1.82, 2.24) is 0 Å². The standard InChI is InChI=1S/C82H141NO8/c1-6-8-10-12-14-16-18-20-22-24-26-28-30-32-34-36-37-38-39-40-41-42-43-45-47-49-51-53-55-57-59-61-63-65-67-69-71-73-80(85)91-78(77-90-82(81(86)87)88-75-74-83(3,4)5)76-89-79(84)72-70-68-66-64-62-60-58-56-54-52-50-48-46-44-35-33-31-29-27-25-23-21-19-17-15-13-11-9-7-2/h8,10,14,16,20,22,25-28,32,34,37-38,40-41,43,45,49,51,78,82H,6-7,9,11-13,15,17-19,21,23-24,29-31,33,35-36,39,42,44,46-48,50,52-77H2,1-5H3/p+1/b10-8-,16-14-,22-20-,27-25-,28-26-,34-32-,38-37-,41-40-,45-43-,51-49-. The van der Waals surface area contributed by atoms with Gasteiger partial charge in [-0.1, -0.05) is 322 Å². The zero-order valence-corrected chi connectivity index (χ0v) is 59.7. The number of likely N-dealkylation sites (N-methyl/N-ethyl adjacent to an activating group) is 1. The quantitative estimate of drug-likeness (QED) is 0.0211. The molecule has 1 N–H and O–H groups in total. The van der Waals surface area contributed by atoms with E-state index in [9.17, 15) is 19.5 Å². The van der Waals surface area contributed by atoms with Crippen molar-refractivity contribution in [2.45, 2.75) is 334 Å². The van der Waals surface area contributed by atoms with E-state index in [0.717, 1.165) is 103 Å². The fraction of sp³-hybridized carbons (Fsp3) is 0.720. The molecule has 91 heavy (non-hydrogen) atoms. The van der Waals surface area contributed by atoms with Gasteiger partial charge in [0.15, 0.2) is 6.10 Å². The van der Waals surface area contributed by atoms with Crippen molar-refractivity contribution in [2.75, 3.05) is 47.5 Å². The van der Waals surface area contributed by atoms with E-state index >= 15 is 0 Å². The molecular formula is C82H142NO8+. The Kier molecular flexibility index (Phi) is 68.1. The Bertz CT molecular complexity index is 1910. The first-order valence-corrected chi connectivity index (χ1v) is 37.7. The Balaban J connectivity index is 4.12. The van der Waals surface area contributed by atoms with Crippen LogP contribution in [0.4, 0.5) is 0 Å². The van der Waals surface area contributed by atoms with Crippen LogP contribution in [0.3, 0.4) is 0 Å². The molecule has 0 saturated carbocycles. The summed E-state index contributed by atoms with van der Waals surface area (Å²) in [5, 5.41) is 9.76. The number of carbonyl (C=O) groups excluding carboxylic acids is 2. The number of aliphatic carboxylic acids is 1. The minimum Gasteiger partial charge on any atom is -0.477 e. The lowest BCUT2D eigenvalue weighted by Gasteiger charge is -2.25. The van der Waals surface area contributed by atoms with Gasteiger partial charge in [0.2, 0.25) is 0 Å². The maximum Gasteiger partial charge on any atom is 0.361 e. The molecule has 0 rings (SSSR count). The van der Waals surface area contributed by atoms with Crippen molar-refractivity contribution in [1.29, 1.82) is 0 Å². The van der Waals surface area contributed by atoms with Crippen LogP contribution in [0.15, 0.2) is 122 Å². The second kappa shape index (κ2) is 71.5. The maximum atomic E-state index is 13.0. The molecule has 0 aliphatic heterocycles. The van der Waals surface area contributed by atoms with Gasteiger partial charge in [-0.05, 0) is 109 Å². The van der Waals surface area contributed by atoms with E-state index < -0.39 is 24.3 Å². The topological polar surface area (TPSA) is 108 Å². The molecule has 0 aromatic carbocycles. The molecule has 0 aliphatic rings. The molecule has 0 aliphatic carbocycles. The largest absolute Gasteiger partial charge is 0.477 e. The third kappa shape index (κ3) is 73.0. The van der Waals surface area contributed by atoms with E-state index in [1.165, 1.54) is 186 Å². The van der Waals surface area contributed by atoms with Gasteiger partial charge < -0.3 is 28.5 Å². The molecule has 0 radical (unpaired) electrons. The minimum absolute atomic E-state index is 0.182. The number of allylic oxidation sites excluding steroid dienone is 20. The van der Waals surface area contributed by atoms with Gasteiger partial charge in [0, 0.05) is 12.8 Å². The van der Waals surface area contributed by atoms with Crippen LogP contribution in [0.1, 0.15) is 322 Å². The first kappa shape index (κ1) is 86.7. The molecular weight excluding hydrogens is 1130 g/mol. The zero-order chi connectivity index (χ0) is 66.1. The monoisotopic (exact) mass is 1270 g/mol. The van der Waals surface area contributed by atoms with Crippen molar-refractivity contribution in [3.05, 3.63) is 122 Å². The number of hydrogen-bond acceptors (Lipinski definition) is 7. The molecule has 0 amide bonds. The summed E-state index contributed by atoms with van der Waals surface area (Å²) < 4.78 is 23.0. The molecule has 2 atom stereocenters. The average molecular weight is 1270 g/mol. The first-order chi connectivity index (χ1) is 44.6. The summed E-state index contributed by atoms with van der Waals surface area (Å²) in [6, 6.07) is 0. The first-order valence-electron chi connectivity index (χ1n) is 37.7. The number of esters is 2. The lowest BCUT2D eigenvalue weighted by molar-refractivity contribution is -0.870. The summed E-state index contributed by atoms with van der Waals surface area (Å²) in [5.41, 5.74) is 0. The van der Waals surface area contributed by atoms with Crippen LogP contribution in [0.5, 0.6) is 0 Å². The fourth-order valence-electron chi connectivity index (χ4n) is 10.5. The van der Waals surface area contributed by atoms with E-state index in [1.807, 2.05) is 21.1 Å². The van der Waals surface area contributed by atoms with Gasteiger partial charge in [0.25, 0.3) is 6.29 Å². The number of rotatable bonds is 69. The number of nitrogens with zero attached hydrogens (tertiary/aromatic N) is 1. The predicted molar refractivity (Wildman–Crippen MR) is 391 cm³/mol. The normalized spacial score (nSPS) is 13.4. The van der Waals surface area contributed by atoms with E-state index in [4.69, 9.17) is 18.9 Å². The van der Waals surface area contributed by atoms with Gasteiger partial charge in [-0.25, -0.2) is 4.79 Å². The van der Waals surface area contributed by atoms with Crippen molar-refractivity contribution >= 4 is 17.9 Å². The zero-order valence-electron chi connectivity index (χ0n) is 59.7. The van der Waals surface area contributed by atoms with Gasteiger partial charge in [0.05, 0.1) is 34.4 Å². The molecule has 0 spiro atoms. The summed E-state index contributed by atoms with van der Waals surface area (Å²) in [5.74, 6) is -2.01. The summed E-state index contributed by atoms with van der Waals surface area (Å²) in [4.78, 5) is 37.7. The van der Waals surface area contributed by atoms with Crippen LogP contribution in [0, 0.1) is 0 Å². The van der Waals surface area contributed by atoms with E-state index in [2.05, 4.69) is 135 Å². The summed E-state index contributed by atoms with van der Waals surface area (Å²) in [7, 11) is 5.98. The van der Waals surface area contributed by atoms with Gasteiger partial charge in [-0.15, -0.1) is 0 Å². The Hall–Kier alpha value is -4.31. The molecule has 2 unspecified atom stereocenters. The lowest BCUT2D eigenvalue weighted by Crippen LogP contribution is -2.40. The molecule has 522 valence electrons. The Morgan fingerprint density at radius 2 is 0.626 bits per heavy atom. The van der Waals surface area contributed by atoms with E-state index in [-0.39, 0.29) is 32.2 Å². The smallest absolute Gasteiger partial charge is 0.361 e. The highest BCUT2D eigenvalue weighted by Gasteiger charge is 2.25. The molecule has 0 saturated heterocycles. The number of unbranched alkanes of at least 4 members (excludes halogenated alkanes) is 34. The predicted octanol–water partition coefficient (Wildman–Crippen LogP) is 23.9. The third-order valence-corrected chi connectivity index (χ3v) is 16.2. The molecule has 0 fully saturated rings. The van der Waals surface area contributed by atoms with Gasteiger partial charge >= 0.3 is 17.9 Å². The highest BCUT2D eigenvalue weighted by molar-refractivity contribution is 5.71. The summed E-state index contributed by atoms with van der Waals surface area (Å²) in [6.45, 7) is 4.78. The van der Waals surface area contributed by atoms with Crippen LogP contribution >= 0.6 is 0 Å². The SMILES string of the molecule is CC/C=C\C/C=C\C/C=C\C/C=C\C/C=C\C/C=C\C/C=C\C/C=C\C/C=C\CCCCCCCCCCCC(=O)OC(COC(=O)CCCCCCCCCCCCCCCCCCC/C=C\CCCCCCCCCC)COC(OCC[N+](C)(C)C)C(=O)O. The number of carboxylic acid groups (broad SMARTS) is 1. The number of carboxylic acids is 1. The molecule has 0 heterocycles. The van der Waals surface area contributed by atoms with Gasteiger partial charge in [-0.3, -0.25) is 9.59 Å². The highest BCUT2D eigenvalue weighted by Crippen LogP contribution is 2.18. The Labute approximate surface area is 561 Å².